The molecular weight excluding hydrogens is 198 g/mol. The molecule has 1 aromatic rings. The van der Waals surface area contributed by atoms with E-state index in [4.69, 9.17) is 0 Å². The fraction of sp³-hybridized carbons (Fsp3) is 0.357. The molecule has 0 N–H and O–H groups in total. The molecule has 0 radical (unpaired) electrons. The second-order valence-electron chi connectivity index (χ2n) is 4.64. The van der Waals surface area contributed by atoms with E-state index in [0.717, 1.165) is 17.7 Å². The van der Waals surface area contributed by atoms with Gasteiger partial charge in [-0.3, -0.25) is 4.79 Å². The van der Waals surface area contributed by atoms with Crippen molar-refractivity contribution in [3.05, 3.63) is 41.5 Å². The third kappa shape index (κ3) is 1.29. The van der Waals surface area contributed by atoms with Gasteiger partial charge >= 0.3 is 0 Å². The monoisotopic (exact) mass is 213 g/mol. The maximum Gasteiger partial charge on any atom is 0.254 e. The van der Waals surface area contributed by atoms with Gasteiger partial charge in [-0.15, -0.1) is 0 Å². The highest BCUT2D eigenvalue weighted by atomic mass is 16.2. The van der Waals surface area contributed by atoms with Crippen LogP contribution >= 0.6 is 0 Å². The van der Waals surface area contributed by atoms with Gasteiger partial charge < -0.3 is 4.90 Å². The zero-order valence-electron chi connectivity index (χ0n) is 9.28. The van der Waals surface area contributed by atoms with Crippen LogP contribution in [0.5, 0.6) is 0 Å². The van der Waals surface area contributed by atoms with Crippen LogP contribution in [0.4, 0.5) is 0 Å². The second kappa shape index (κ2) is 3.48. The van der Waals surface area contributed by atoms with Gasteiger partial charge in [0.15, 0.2) is 0 Å². The van der Waals surface area contributed by atoms with Crippen molar-refractivity contribution in [2.75, 3.05) is 0 Å². The highest BCUT2D eigenvalue weighted by molar-refractivity contribution is 5.99. The minimum absolute atomic E-state index is 0.211. The predicted molar refractivity (Wildman–Crippen MR) is 64.0 cm³/mol. The third-order valence-electron chi connectivity index (χ3n) is 3.72. The molecule has 1 aromatic carbocycles. The van der Waals surface area contributed by atoms with Gasteiger partial charge in [0.05, 0.1) is 0 Å². The molecule has 2 aliphatic rings. The Hall–Kier alpha value is -1.57. The van der Waals surface area contributed by atoms with E-state index in [1.165, 1.54) is 24.8 Å². The summed E-state index contributed by atoms with van der Waals surface area (Å²) >= 11 is 0. The highest BCUT2D eigenvalue weighted by Gasteiger charge is 2.35. The number of hydrogen-bond acceptors (Lipinski definition) is 1. The number of nitrogens with zero attached hydrogens (tertiary/aromatic N) is 1. The SMILES string of the molecule is C=Cc1ccc2c(c1)C(=O)N(C1CCC1)C2. The molecule has 0 unspecified atom stereocenters. The van der Waals surface area contributed by atoms with Gasteiger partial charge in [-0.25, -0.2) is 0 Å². The molecule has 2 heteroatoms. The zero-order valence-corrected chi connectivity index (χ0v) is 9.28. The molecule has 16 heavy (non-hydrogen) atoms. The lowest BCUT2D eigenvalue weighted by Gasteiger charge is -2.34. The third-order valence-corrected chi connectivity index (χ3v) is 3.72. The Morgan fingerprint density at radius 1 is 1.38 bits per heavy atom. The van der Waals surface area contributed by atoms with Crippen LogP contribution in [0.1, 0.15) is 40.7 Å². The van der Waals surface area contributed by atoms with Crippen LogP contribution in [0, 0.1) is 0 Å². The van der Waals surface area contributed by atoms with Crippen molar-refractivity contribution < 1.29 is 4.79 Å². The first-order valence-corrected chi connectivity index (χ1v) is 5.86. The Morgan fingerprint density at radius 3 is 2.81 bits per heavy atom. The molecule has 0 atom stereocenters. The second-order valence-corrected chi connectivity index (χ2v) is 4.64. The van der Waals surface area contributed by atoms with E-state index in [-0.39, 0.29) is 5.91 Å². The molecule has 3 rings (SSSR count). The fourth-order valence-corrected chi connectivity index (χ4v) is 2.46. The van der Waals surface area contributed by atoms with Crippen molar-refractivity contribution in [3.63, 3.8) is 0 Å². The summed E-state index contributed by atoms with van der Waals surface area (Å²) in [5, 5.41) is 0. The molecular formula is C14H15NO. The van der Waals surface area contributed by atoms with Crippen LogP contribution in [0.3, 0.4) is 0 Å². The Labute approximate surface area is 95.6 Å². The lowest BCUT2D eigenvalue weighted by Crippen LogP contribution is -2.40. The van der Waals surface area contributed by atoms with E-state index in [1.54, 1.807) is 6.08 Å². The molecule has 1 aliphatic heterocycles. The number of hydrogen-bond donors (Lipinski definition) is 0. The zero-order chi connectivity index (χ0) is 11.1. The molecule has 1 fully saturated rings. The molecule has 1 amide bonds. The number of benzene rings is 1. The lowest BCUT2D eigenvalue weighted by atomic mass is 9.92. The molecule has 0 saturated heterocycles. The highest BCUT2D eigenvalue weighted by Crippen LogP contribution is 2.33. The molecule has 2 nitrogen and oxygen atoms in total. The van der Waals surface area contributed by atoms with Crippen molar-refractivity contribution in [3.8, 4) is 0 Å². The smallest absolute Gasteiger partial charge is 0.254 e. The maximum absolute atomic E-state index is 12.2. The summed E-state index contributed by atoms with van der Waals surface area (Å²) in [6.07, 6.45) is 5.41. The van der Waals surface area contributed by atoms with E-state index in [9.17, 15) is 4.79 Å². The van der Waals surface area contributed by atoms with Gasteiger partial charge in [-0.05, 0) is 36.5 Å². The first-order chi connectivity index (χ1) is 7.79. The molecule has 0 spiro atoms. The van der Waals surface area contributed by atoms with Crippen LogP contribution in [0.15, 0.2) is 24.8 Å². The van der Waals surface area contributed by atoms with Crippen LogP contribution in [0.2, 0.25) is 0 Å². The maximum atomic E-state index is 12.2. The van der Waals surface area contributed by atoms with Crippen molar-refractivity contribution in [1.82, 2.24) is 4.90 Å². The van der Waals surface area contributed by atoms with Gasteiger partial charge in [-0.1, -0.05) is 24.8 Å². The summed E-state index contributed by atoms with van der Waals surface area (Å²) in [7, 11) is 0. The quantitative estimate of drug-likeness (QED) is 0.739. The van der Waals surface area contributed by atoms with Crippen LogP contribution < -0.4 is 0 Å². The summed E-state index contributed by atoms with van der Waals surface area (Å²) in [4.78, 5) is 14.2. The Balaban J connectivity index is 1.94. The van der Waals surface area contributed by atoms with E-state index in [1.807, 2.05) is 17.0 Å². The average Bonchev–Trinajstić information content (AvgIpc) is 2.54. The molecule has 1 saturated carbocycles. The fourth-order valence-electron chi connectivity index (χ4n) is 2.46. The van der Waals surface area contributed by atoms with Crippen LogP contribution in [-0.4, -0.2) is 16.8 Å². The Kier molecular flexibility index (Phi) is 2.10. The first kappa shape index (κ1) is 9.64. The summed E-state index contributed by atoms with van der Waals surface area (Å²) in [6.45, 7) is 4.54. The summed E-state index contributed by atoms with van der Waals surface area (Å²) < 4.78 is 0. The van der Waals surface area contributed by atoms with Crippen LogP contribution in [-0.2, 0) is 6.54 Å². The summed E-state index contributed by atoms with van der Waals surface area (Å²) in [5.74, 6) is 0.211. The largest absolute Gasteiger partial charge is 0.331 e. The van der Waals surface area contributed by atoms with Crippen molar-refractivity contribution >= 4 is 12.0 Å². The first-order valence-electron chi connectivity index (χ1n) is 5.86. The van der Waals surface area contributed by atoms with Crippen molar-refractivity contribution in [2.45, 2.75) is 31.8 Å². The number of fused-ring (bicyclic) bond motifs is 1. The Morgan fingerprint density at radius 2 is 2.19 bits per heavy atom. The molecule has 1 aliphatic carbocycles. The van der Waals surface area contributed by atoms with Crippen molar-refractivity contribution in [1.29, 1.82) is 0 Å². The number of amides is 1. The standard InChI is InChI=1S/C14H15NO/c1-2-10-6-7-11-9-15(12-4-3-5-12)14(16)13(11)8-10/h2,6-8,12H,1,3-5,9H2. The number of rotatable bonds is 2. The predicted octanol–water partition coefficient (Wildman–Crippen LogP) is 2.84. The average molecular weight is 213 g/mol. The van der Waals surface area contributed by atoms with Crippen LogP contribution in [0.25, 0.3) is 6.08 Å². The number of carbonyl (C=O) groups is 1. The van der Waals surface area contributed by atoms with Crippen molar-refractivity contribution in [2.24, 2.45) is 0 Å². The van der Waals surface area contributed by atoms with Gasteiger partial charge in [0.25, 0.3) is 5.91 Å². The van der Waals surface area contributed by atoms with Gasteiger partial charge in [0, 0.05) is 18.2 Å². The minimum Gasteiger partial charge on any atom is -0.331 e. The molecule has 82 valence electrons. The minimum atomic E-state index is 0.211. The van der Waals surface area contributed by atoms with E-state index in [2.05, 4.69) is 12.6 Å². The van der Waals surface area contributed by atoms with Gasteiger partial charge in [0.2, 0.25) is 0 Å². The summed E-state index contributed by atoms with van der Waals surface area (Å²) in [6, 6.07) is 6.54. The van der Waals surface area contributed by atoms with Gasteiger partial charge in [0.1, 0.15) is 0 Å². The normalized spacial score (nSPS) is 19.5. The summed E-state index contributed by atoms with van der Waals surface area (Å²) in [5.41, 5.74) is 3.08. The lowest BCUT2D eigenvalue weighted by molar-refractivity contribution is 0.0606. The van der Waals surface area contributed by atoms with E-state index in [0.29, 0.717) is 6.04 Å². The topological polar surface area (TPSA) is 20.3 Å². The molecule has 0 aromatic heterocycles. The molecule has 0 bridgehead atoms. The van der Waals surface area contributed by atoms with E-state index < -0.39 is 0 Å². The number of carbonyl (C=O) groups excluding carboxylic acids is 1. The molecule has 1 heterocycles. The Bertz CT molecular complexity index is 460. The van der Waals surface area contributed by atoms with Gasteiger partial charge in [-0.2, -0.15) is 0 Å². The van der Waals surface area contributed by atoms with E-state index >= 15 is 0 Å².